The Labute approximate surface area is 122 Å². The summed E-state index contributed by atoms with van der Waals surface area (Å²) in [5.74, 6) is 0.865. The topological polar surface area (TPSA) is 37.5 Å². The number of benzene rings is 1. The highest BCUT2D eigenvalue weighted by Gasteiger charge is 2.11. The Hall–Kier alpha value is -1.78. The lowest BCUT2D eigenvalue weighted by Crippen LogP contribution is -1.93. The largest absolute Gasteiger partial charge is 0.390 e. The summed E-state index contributed by atoms with van der Waals surface area (Å²) in [4.78, 5) is 4.59. The minimum Gasteiger partial charge on any atom is -0.390 e. The molecule has 0 aliphatic heterocycles. The number of aryl methyl sites for hydroxylation is 1. The molecule has 4 heteroatoms. The molecule has 0 radical (unpaired) electrons. The van der Waals surface area contributed by atoms with Gasteiger partial charge in [-0.1, -0.05) is 42.1 Å². The quantitative estimate of drug-likeness (QED) is 0.746. The second-order valence-corrected chi connectivity index (χ2v) is 5.63. The Morgan fingerprint density at radius 3 is 2.75 bits per heavy atom. The smallest absolute Gasteiger partial charge is 0.138 e. The molecule has 0 atom stereocenters. The van der Waals surface area contributed by atoms with Crippen LogP contribution in [-0.4, -0.2) is 14.5 Å². The second-order valence-electron chi connectivity index (χ2n) is 4.67. The summed E-state index contributed by atoms with van der Waals surface area (Å²) in [5, 5.41) is 10.5. The number of hydrogen-bond donors (Lipinski definition) is 1. The van der Waals surface area contributed by atoms with Gasteiger partial charge in [-0.25, -0.2) is 4.98 Å². The van der Waals surface area contributed by atoms with Crippen molar-refractivity contribution in [1.29, 1.82) is 0 Å². The van der Waals surface area contributed by atoms with E-state index in [4.69, 9.17) is 0 Å². The first-order valence-corrected chi connectivity index (χ1v) is 7.52. The third-order valence-electron chi connectivity index (χ3n) is 3.37. The minimum atomic E-state index is 0.00127. The van der Waals surface area contributed by atoms with Gasteiger partial charge >= 0.3 is 0 Å². The summed E-state index contributed by atoms with van der Waals surface area (Å²) in [5.41, 5.74) is 4.33. The van der Waals surface area contributed by atoms with E-state index in [0.29, 0.717) is 0 Å². The van der Waals surface area contributed by atoms with Crippen LogP contribution in [-0.2, 0) is 12.4 Å². The molecule has 102 valence electrons. The molecule has 0 bridgehead atoms. The second kappa shape index (κ2) is 5.69. The Kier molecular flexibility index (Phi) is 3.76. The van der Waals surface area contributed by atoms with E-state index < -0.39 is 0 Å². The van der Waals surface area contributed by atoms with Gasteiger partial charge in [-0.15, -0.1) is 0 Å². The van der Waals surface area contributed by atoms with E-state index >= 15 is 0 Å². The lowest BCUT2D eigenvalue weighted by atomic mass is 10.1. The van der Waals surface area contributed by atoms with Crippen LogP contribution < -0.4 is 0 Å². The van der Waals surface area contributed by atoms with Gasteiger partial charge in [-0.3, -0.25) is 0 Å². The van der Waals surface area contributed by atoms with Crippen molar-refractivity contribution in [2.75, 3.05) is 0 Å². The monoisotopic (exact) mass is 284 g/mol. The van der Waals surface area contributed by atoms with Gasteiger partial charge in [-0.05, 0) is 30.2 Å². The Morgan fingerprint density at radius 2 is 1.95 bits per heavy atom. The molecular formula is C16H16N2OS. The van der Waals surface area contributed by atoms with Crippen LogP contribution in [0.15, 0.2) is 53.7 Å². The number of fused-ring (bicyclic) bond motifs is 1. The minimum absolute atomic E-state index is 0.00127. The summed E-state index contributed by atoms with van der Waals surface area (Å²) >= 11 is 1.67. The zero-order chi connectivity index (χ0) is 13.9. The number of nitrogens with zero attached hydrogens (tertiary/aromatic N) is 2. The maximum atomic E-state index is 9.58. The molecule has 0 fully saturated rings. The Balaban J connectivity index is 1.89. The standard InChI is InChI=1S/C16H16N2OS/c1-12-6-2-3-7-13(12)11-20-16-14(10-19)18-9-5-4-8-15(18)17-16/h2-9,19H,10-11H2,1H3. The summed E-state index contributed by atoms with van der Waals surface area (Å²) in [6.45, 7) is 2.12. The van der Waals surface area contributed by atoms with Gasteiger partial charge < -0.3 is 9.51 Å². The van der Waals surface area contributed by atoms with E-state index in [1.807, 2.05) is 34.9 Å². The van der Waals surface area contributed by atoms with Gasteiger partial charge in [0, 0.05) is 11.9 Å². The highest BCUT2D eigenvalue weighted by atomic mass is 32.2. The van der Waals surface area contributed by atoms with E-state index in [1.54, 1.807) is 11.8 Å². The first kappa shape index (κ1) is 13.2. The Morgan fingerprint density at radius 1 is 1.15 bits per heavy atom. The zero-order valence-electron chi connectivity index (χ0n) is 11.3. The molecule has 0 unspecified atom stereocenters. The van der Waals surface area contributed by atoms with Crippen LogP contribution in [0.2, 0.25) is 0 Å². The summed E-state index contributed by atoms with van der Waals surface area (Å²) in [6, 6.07) is 14.2. The SMILES string of the molecule is Cc1ccccc1CSc1nc2ccccn2c1CO. The fraction of sp³-hybridized carbons (Fsp3) is 0.188. The van der Waals surface area contributed by atoms with Crippen molar-refractivity contribution in [1.82, 2.24) is 9.38 Å². The molecule has 20 heavy (non-hydrogen) atoms. The molecule has 0 aliphatic carbocycles. The van der Waals surface area contributed by atoms with Gasteiger partial charge in [0.2, 0.25) is 0 Å². The first-order chi connectivity index (χ1) is 9.79. The predicted molar refractivity (Wildman–Crippen MR) is 81.9 cm³/mol. The fourth-order valence-electron chi connectivity index (χ4n) is 2.20. The number of hydrogen-bond acceptors (Lipinski definition) is 3. The molecule has 1 N–H and O–H groups in total. The van der Waals surface area contributed by atoms with Crippen LogP contribution in [0.1, 0.15) is 16.8 Å². The van der Waals surface area contributed by atoms with Crippen molar-refractivity contribution in [3.8, 4) is 0 Å². The van der Waals surface area contributed by atoms with Crippen LogP contribution in [0, 0.1) is 6.92 Å². The molecule has 3 rings (SSSR count). The Bertz CT molecular complexity index is 736. The van der Waals surface area contributed by atoms with Crippen LogP contribution in [0.5, 0.6) is 0 Å². The molecule has 2 aromatic heterocycles. The average Bonchev–Trinajstić information content (AvgIpc) is 2.84. The van der Waals surface area contributed by atoms with Gasteiger partial charge in [0.25, 0.3) is 0 Å². The number of thioether (sulfide) groups is 1. The molecule has 1 aromatic carbocycles. The number of rotatable bonds is 4. The lowest BCUT2D eigenvalue weighted by molar-refractivity contribution is 0.272. The highest BCUT2D eigenvalue weighted by molar-refractivity contribution is 7.98. The first-order valence-electron chi connectivity index (χ1n) is 6.53. The van der Waals surface area contributed by atoms with Crippen molar-refractivity contribution < 1.29 is 5.11 Å². The molecule has 2 heterocycles. The van der Waals surface area contributed by atoms with Gasteiger partial charge in [0.05, 0.1) is 12.3 Å². The molecule has 0 amide bonds. The lowest BCUT2D eigenvalue weighted by Gasteiger charge is -2.05. The third-order valence-corrected chi connectivity index (χ3v) is 4.42. The van der Waals surface area contributed by atoms with Crippen LogP contribution >= 0.6 is 11.8 Å². The van der Waals surface area contributed by atoms with E-state index in [-0.39, 0.29) is 6.61 Å². The van der Waals surface area contributed by atoms with Crippen LogP contribution in [0.3, 0.4) is 0 Å². The maximum Gasteiger partial charge on any atom is 0.138 e. The van der Waals surface area contributed by atoms with E-state index in [0.717, 1.165) is 22.1 Å². The average molecular weight is 284 g/mol. The molecule has 0 saturated carbocycles. The fourth-order valence-corrected chi connectivity index (χ4v) is 3.31. The van der Waals surface area contributed by atoms with E-state index in [9.17, 15) is 5.11 Å². The van der Waals surface area contributed by atoms with Crippen molar-refractivity contribution in [3.63, 3.8) is 0 Å². The van der Waals surface area contributed by atoms with Crippen LogP contribution in [0.4, 0.5) is 0 Å². The van der Waals surface area contributed by atoms with E-state index in [1.165, 1.54) is 11.1 Å². The molecular weight excluding hydrogens is 268 g/mol. The highest BCUT2D eigenvalue weighted by Crippen LogP contribution is 2.27. The van der Waals surface area contributed by atoms with Gasteiger partial charge in [-0.2, -0.15) is 0 Å². The molecule has 3 aromatic rings. The summed E-state index contributed by atoms with van der Waals surface area (Å²) in [6.07, 6.45) is 1.94. The predicted octanol–water partition coefficient (Wildman–Crippen LogP) is 3.43. The summed E-state index contributed by atoms with van der Waals surface area (Å²) < 4.78 is 1.94. The molecule has 0 aliphatic rings. The van der Waals surface area contributed by atoms with Crippen molar-refractivity contribution in [2.24, 2.45) is 0 Å². The van der Waals surface area contributed by atoms with Crippen molar-refractivity contribution in [2.45, 2.75) is 24.3 Å². The number of aliphatic hydroxyl groups excluding tert-OH is 1. The van der Waals surface area contributed by atoms with E-state index in [2.05, 4.69) is 30.1 Å². The maximum absolute atomic E-state index is 9.58. The third kappa shape index (κ3) is 2.44. The normalized spacial score (nSPS) is 11.1. The van der Waals surface area contributed by atoms with Crippen LogP contribution in [0.25, 0.3) is 5.65 Å². The summed E-state index contributed by atoms with van der Waals surface area (Å²) in [7, 11) is 0. The number of imidazole rings is 1. The molecule has 0 spiro atoms. The van der Waals surface area contributed by atoms with Gasteiger partial charge in [0.1, 0.15) is 10.7 Å². The van der Waals surface area contributed by atoms with Gasteiger partial charge in [0.15, 0.2) is 0 Å². The van der Waals surface area contributed by atoms with Crippen molar-refractivity contribution in [3.05, 3.63) is 65.5 Å². The molecule has 0 saturated heterocycles. The molecule has 3 nitrogen and oxygen atoms in total. The van der Waals surface area contributed by atoms with Crippen molar-refractivity contribution >= 4 is 17.4 Å². The number of aromatic nitrogens is 2. The number of aliphatic hydroxyl groups is 1. The number of pyridine rings is 1. The zero-order valence-corrected chi connectivity index (χ0v) is 12.1.